The molecule has 1 saturated heterocycles. The normalized spacial score (nSPS) is 16.4. The van der Waals surface area contributed by atoms with Gasteiger partial charge in [-0.25, -0.2) is 9.59 Å². The lowest BCUT2D eigenvalue weighted by Gasteiger charge is -2.29. The lowest BCUT2D eigenvalue weighted by molar-refractivity contribution is 0.149. The van der Waals surface area contributed by atoms with Crippen molar-refractivity contribution in [1.82, 2.24) is 14.8 Å². The molecule has 2 heterocycles. The Bertz CT molecular complexity index is 787. The van der Waals surface area contributed by atoms with Crippen LogP contribution in [-0.2, 0) is 4.74 Å². The molecule has 1 amide bonds. The zero-order chi connectivity index (χ0) is 17.8. The third-order valence-electron chi connectivity index (χ3n) is 4.72. The number of hydrogen-bond acceptors (Lipinski definition) is 5. The predicted octanol–water partition coefficient (Wildman–Crippen LogP) is 2.00. The minimum Gasteiger partial charge on any atom is -0.407 e. The van der Waals surface area contributed by atoms with E-state index >= 15 is 0 Å². The number of nitrogens with one attached hydrogen (secondary N) is 1. The number of aromatic nitrogens is 1. The van der Waals surface area contributed by atoms with Crippen molar-refractivity contribution in [3.63, 3.8) is 0 Å². The summed E-state index contributed by atoms with van der Waals surface area (Å²) in [6.07, 6.45) is 2.18. The second-order valence-corrected chi connectivity index (χ2v) is 6.44. The Labute approximate surface area is 146 Å². The number of fused-ring (bicyclic) bond motifs is 1. The standard InChI is InChI=1S/C18H25N3O4/c1-3-24-11-8-19-17(22)21-15-5-4-14(12-16(15)25-18(21)23)13-6-9-20(2)10-7-13/h4-5,12-13H,3,6-11H2,1-2H3,(H,19,22). The zero-order valence-electron chi connectivity index (χ0n) is 14.8. The van der Waals surface area contributed by atoms with Crippen molar-refractivity contribution in [2.45, 2.75) is 25.7 Å². The van der Waals surface area contributed by atoms with E-state index in [0.717, 1.165) is 30.5 Å². The zero-order valence-corrected chi connectivity index (χ0v) is 14.8. The van der Waals surface area contributed by atoms with E-state index in [4.69, 9.17) is 9.15 Å². The monoisotopic (exact) mass is 347 g/mol. The maximum atomic E-state index is 12.3. The van der Waals surface area contributed by atoms with E-state index < -0.39 is 11.8 Å². The van der Waals surface area contributed by atoms with Crippen LogP contribution in [0.5, 0.6) is 0 Å². The number of benzene rings is 1. The molecule has 0 spiro atoms. The number of carbonyl (C=O) groups excluding carboxylic acids is 1. The molecule has 7 heteroatoms. The average molecular weight is 347 g/mol. The summed E-state index contributed by atoms with van der Waals surface area (Å²) in [6, 6.07) is 5.21. The molecule has 136 valence electrons. The predicted molar refractivity (Wildman–Crippen MR) is 95.2 cm³/mol. The molecule has 1 N–H and O–H groups in total. The van der Waals surface area contributed by atoms with Crippen molar-refractivity contribution in [2.24, 2.45) is 0 Å². The Morgan fingerprint density at radius 3 is 2.84 bits per heavy atom. The number of amides is 1. The Hall–Kier alpha value is -2.12. The average Bonchev–Trinajstić information content (AvgIpc) is 2.94. The van der Waals surface area contributed by atoms with E-state index in [0.29, 0.717) is 36.8 Å². The number of piperidine rings is 1. The molecular formula is C18H25N3O4. The minimum absolute atomic E-state index is 0.347. The van der Waals surface area contributed by atoms with Crippen LogP contribution in [0.25, 0.3) is 11.1 Å². The summed E-state index contributed by atoms with van der Waals surface area (Å²) >= 11 is 0. The molecule has 0 bridgehead atoms. The van der Waals surface area contributed by atoms with Crippen LogP contribution in [0.15, 0.2) is 27.4 Å². The first-order valence-electron chi connectivity index (χ1n) is 8.80. The van der Waals surface area contributed by atoms with Crippen LogP contribution >= 0.6 is 0 Å². The van der Waals surface area contributed by atoms with Gasteiger partial charge in [-0.2, -0.15) is 4.57 Å². The highest BCUT2D eigenvalue weighted by molar-refractivity contribution is 5.88. The fraction of sp³-hybridized carbons (Fsp3) is 0.556. The van der Waals surface area contributed by atoms with Crippen LogP contribution < -0.4 is 11.1 Å². The van der Waals surface area contributed by atoms with Gasteiger partial charge in [0.15, 0.2) is 5.58 Å². The van der Waals surface area contributed by atoms with Gasteiger partial charge in [-0.05, 0) is 63.5 Å². The van der Waals surface area contributed by atoms with Gasteiger partial charge in [0.1, 0.15) is 0 Å². The van der Waals surface area contributed by atoms with Crippen LogP contribution in [0.2, 0.25) is 0 Å². The van der Waals surface area contributed by atoms with Gasteiger partial charge >= 0.3 is 11.8 Å². The first-order valence-corrected chi connectivity index (χ1v) is 8.80. The minimum atomic E-state index is -0.663. The molecule has 0 radical (unpaired) electrons. The summed E-state index contributed by atoms with van der Waals surface area (Å²) in [4.78, 5) is 26.7. The molecule has 1 aliphatic heterocycles. The highest BCUT2D eigenvalue weighted by atomic mass is 16.5. The summed E-state index contributed by atoms with van der Waals surface area (Å²) in [5.41, 5.74) is 2.12. The Morgan fingerprint density at radius 1 is 1.36 bits per heavy atom. The van der Waals surface area contributed by atoms with Gasteiger partial charge in [0.25, 0.3) is 0 Å². The first-order chi connectivity index (χ1) is 12.1. The molecule has 25 heavy (non-hydrogen) atoms. The number of ether oxygens (including phenoxy) is 1. The second-order valence-electron chi connectivity index (χ2n) is 6.44. The maximum Gasteiger partial charge on any atom is 0.428 e. The molecule has 0 aliphatic carbocycles. The van der Waals surface area contributed by atoms with E-state index in [1.807, 2.05) is 19.1 Å². The Balaban J connectivity index is 1.78. The van der Waals surface area contributed by atoms with E-state index in [-0.39, 0.29) is 0 Å². The van der Waals surface area contributed by atoms with Gasteiger partial charge in [0, 0.05) is 13.2 Å². The van der Waals surface area contributed by atoms with Gasteiger partial charge in [-0.15, -0.1) is 0 Å². The highest BCUT2D eigenvalue weighted by Gasteiger charge is 2.21. The maximum absolute atomic E-state index is 12.3. The Kier molecular flexibility index (Phi) is 5.55. The first kappa shape index (κ1) is 17.7. The highest BCUT2D eigenvalue weighted by Crippen LogP contribution is 2.29. The molecule has 0 atom stereocenters. The largest absolute Gasteiger partial charge is 0.428 e. The number of carbonyl (C=O) groups is 1. The van der Waals surface area contributed by atoms with Gasteiger partial charge < -0.3 is 19.4 Å². The van der Waals surface area contributed by atoms with Crippen molar-refractivity contribution in [3.8, 4) is 0 Å². The molecule has 2 aromatic rings. The summed E-state index contributed by atoms with van der Waals surface area (Å²) in [6.45, 7) is 5.36. The lowest BCUT2D eigenvalue weighted by Crippen LogP contribution is -2.36. The van der Waals surface area contributed by atoms with E-state index in [2.05, 4.69) is 17.3 Å². The summed E-state index contributed by atoms with van der Waals surface area (Å²) in [7, 11) is 2.13. The molecule has 1 fully saturated rings. The van der Waals surface area contributed by atoms with E-state index in [1.54, 1.807) is 6.07 Å². The number of likely N-dealkylation sites (tertiary alicyclic amines) is 1. The van der Waals surface area contributed by atoms with Crippen LogP contribution in [0.1, 0.15) is 31.2 Å². The number of nitrogens with zero attached hydrogens (tertiary/aromatic N) is 2. The van der Waals surface area contributed by atoms with Gasteiger partial charge in [-0.3, -0.25) is 0 Å². The molecular weight excluding hydrogens is 322 g/mol. The van der Waals surface area contributed by atoms with Crippen molar-refractivity contribution in [3.05, 3.63) is 34.3 Å². The number of rotatable bonds is 5. The molecule has 0 saturated carbocycles. The van der Waals surface area contributed by atoms with Gasteiger partial charge in [-0.1, -0.05) is 6.07 Å². The summed E-state index contributed by atoms with van der Waals surface area (Å²) < 4.78 is 11.5. The van der Waals surface area contributed by atoms with Crippen molar-refractivity contribution in [1.29, 1.82) is 0 Å². The molecule has 3 rings (SSSR count). The third-order valence-corrected chi connectivity index (χ3v) is 4.72. The number of hydrogen-bond donors (Lipinski definition) is 1. The summed E-state index contributed by atoms with van der Waals surface area (Å²) in [5.74, 6) is -0.196. The second kappa shape index (κ2) is 7.84. The SMILES string of the molecule is CCOCCNC(=O)n1c(=O)oc2cc(C3CCN(C)CC3)ccc21. The van der Waals surface area contributed by atoms with Crippen LogP contribution in [-0.4, -0.2) is 55.4 Å². The van der Waals surface area contributed by atoms with Gasteiger partial charge in [0.2, 0.25) is 0 Å². The van der Waals surface area contributed by atoms with Gasteiger partial charge in [0.05, 0.1) is 12.1 Å². The van der Waals surface area contributed by atoms with E-state index in [9.17, 15) is 9.59 Å². The molecule has 7 nitrogen and oxygen atoms in total. The Morgan fingerprint density at radius 2 is 2.12 bits per heavy atom. The van der Waals surface area contributed by atoms with Crippen molar-refractivity contribution in [2.75, 3.05) is 39.9 Å². The van der Waals surface area contributed by atoms with Crippen molar-refractivity contribution < 1.29 is 13.9 Å². The smallest absolute Gasteiger partial charge is 0.407 e. The summed E-state index contributed by atoms with van der Waals surface area (Å²) in [5, 5.41) is 2.67. The molecule has 1 aromatic carbocycles. The molecule has 1 aliphatic rings. The van der Waals surface area contributed by atoms with Crippen LogP contribution in [0.3, 0.4) is 0 Å². The quantitative estimate of drug-likeness (QED) is 0.837. The number of oxazole rings is 1. The van der Waals surface area contributed by atoms with Crippen LogP contribution in [0.4, 0.5) is 4.79 Å². The van der Waals surface area contributed by atoms with Crippen molar-refractivity contribution >= 4 is 17.1 Å². The third kappa shape index (κ3) is 3.93. The fourth-order valence-corrected chi connectivity index (χ4v) is 3.28. The van der Waals surface area contributed by atoms with Crippen LogP contribution in [0, 0.1) is 0 Å². The lowest BCUT2D eigenvalue weighted by atomic mass is 9.89. The topological polar surface area (TPSA) is 76.7 Å². The fourth-order valence-electron chi connectivity index (χ4n) is 3.28. The molecule has 0 unspecified atom stereocenters. The molecule has 1 aromatic heterocycles. The van der Waals surface area contributed by atoms with E-state index in [1.165, 1.54) is 5.56 Å².